The van der Waals surface area contributed by atoms with Gasteiger partial charge in [-0.05, 0) is 20.1 Å². The maximum absolute atomic E-state index is 4.27. The predicted octanol–water partition coefficient (Wildman–Crippen LogP) is 2.33. The molecule has 0 aliphatic rings. The zero-order chi connectivity index (χ0) is 8.27. The van der Waals surface area contributed by atoms with E-state index in [2.05, 4.69) is 35.9 Å². The molecule has 0 unspecified atom stereocenters. The van der Waals surface area contributed by atoms with E-state index in [0.29, 0.717) is 6.04 Å². The van der Waals surface area contributed by atoms with Crippen LogP contribution in [0.1, 0.15) is 25.6 Å². The van der Waals surface area contributed by atoms with Gasteiger partial charge in [-0.2, -0.15) is 11.8 Å². The zero-order valence-electron chi connectivity index (χ0n) is 7.24. The van der Waals surface area contributed by atoms with Gasteiger partial charge in [0.2, 0.25) is 0 Å². The Morgan fingerprint density at radius 3 is 2.82 bits per heavy atom. The van der Waals surface area contributed by atoms with Gasteiger partial charge in [0.05, 0.1) is 12.0 Å². The van der Waals surface area contributed by atoms with Crippen LogP contribution in [0.15, 0.2) is 12.5 Å². The Morgan fingerprint density at radius 2 is 2.36 bits per heavy atom. The van der Waals surface area contributed by atoms with Crippen LogP contribution in [0.5, 0.6) is 0 Å². The molecule has 0 fully saturated rings. The summed E-state index contributed by atoms with van der Waals surface area (Å²) in [7, 11) is 0. The molecular weight excluding hydrogens is 156 g/mol. The highest BCUT2D eigenvalue weighted by Crippen LogP contribution is 2.09. The van der Waals surface area contributed by atoms with E-state index in [9.17, 15) is 0 Å². The molecule has 1 aromatic rings. The molecule has 3 heteroatoms. The molecule has 0 aliphatic carbocycles. The van der Waals surface area contributed by atoms with Crippen molar-refractivity contribution < 1.29 is 0 Å². The van der Waals surface area contributed by atoms with Crippen LogP contribution in [0.3, 0.4) is 0 Å². The summed E-state index contributed by atoms with van der Waals surface area (Å²) in [5, 5.41) is 0. The summed E-state index contributed by atoms with van der Waals surface area (Å²) < 4.78 is 2.13. The highest BCUT2D eigenvalue weighted by molar-refractivity contribution is 7.97. The lowest BCUT2D eigenvalue weighted by molar-refractivity contribution is 0.599. The van der Waals surface area contributed by atoms with Crippen molar-refractivity contribution in [2.24, 2.45) is 0 Å². The average molecular weight is 170 g/mol. The maximum Gasteiger partial charge on any atom is 0.0952 e. The van der Waals surface area contributed by atoms with Crippen molar-refractivity contribution in [1.29, 1.82) is 0 Å². The van der Waals surface area contributed by atoms with Gasteiger partial charge in [0.15, 0.2) is 0 Å². The molecule has 2 nitrogen and oxygen atoms in total. The Kier molecular flexibility index (Phi) is 3.00. The third-order valence-corrected chi connectivity index (χ3v) is 2.13. The normalized spacial score (nSPS) is 10.9. The van der Waals surface area contributed by atoms with Gasteiger partial charge in [-0.25, -0.2) is 4.98 Å². The van der Waals surface area contributed by atoms with E-state index in [4.69, 9.17) is 0 Å². The SMILES string of the molecule is CSCc1cn(C(C)C)cn1. The second-order valence-corrected chi connectivity index (χ2v) is 3.71. The summed E-state index contributed by atoms with van der Waals surface area (Å²) in [4.78, 5) is 4.27. The van der Waals surface area contributed by atoms with E-state index in [1.54, 1.807) is 11.8 Å². The minimum Gasteiger partial charge on any atom is -0.335 e. The fraction of sp³-hybridized carbons (Fsp3) is 0.625. The third kappa shape index (κ3) is 2.26. The summed E-state index contributed by atoms with van der Waals surface area (Å²) in [6.07, 6.45) is 6.10. The van der Waals surface area contributed by atoms with E-state index in [1.165, 1.54) is 5.69 Å². The van der Waals surface area contributed by atoms with E-state index in [0.717, 1.165) is 5.75 Å². The van der Waals surface area contributed by atoms with Gasteiger partial charge >= 0.3 is 0 Å². The lowest BCUT2D eigenvalue weighted by Gasteiger charge is -2.03. The van der Waals surface area contributed by atoms with Crippen molar-refractivity contribution in [1.82, 2.24) is 9.55 Å². The summed E-state index contributed by atoms with van der Waals surface area (Å²) in [6.45, 7) is 4.31. The van der Waals surface area contributed by atoms with Crippen LogP contribution >= 0.6 is 11.8 Å². The molecule has 1 heterocycles. The van der Waals surface area contributed by atoms with Gasteiger partial charge in [-0.1, -0.05) is 0 Å². The largest absolute Gasteiger partial charge is 0.335 e. The summed E-state index contributed by atoms with van der Waals surface area (Å²) in [5.74, 6) is 1.01. The van der Waals surface area contributed by atoms with Crippen molar-refractivity contribution in [2.75, 3.05) is 6.26 Å². The average Bonchev–Trinajstić information content (AvgIpc) is 2.37. The number of aromatic nitrogens is 2. The smallest absolute Gasteiger partial charge is 0.0952 e. The minimum atomic E-state index is 0.526. The fourth-order valence-corrected chi connectivity index (χ4v) is 1.33. The number of hydrogen-bond acceptors (Lipinski definition) is 2. The number of hydrogen-bond donors (Lipinski definition) is 0. The van der Waals surface area contributed by atoms with Crippen LogP contribution in [0.25, 0.3) is 0 Å². The van der Waals surface area contributed by atoms with Crippen molar-refractivity contribution in [2.45, 2.75) is 25.6 Å². The molecule has 11 heavy (non-hydrogen) atoms. The van der Waals surface area contributed by atoms with Crippen LogP contribution in [-0.2, 0) is 5.75 Å². The van der Waals surface area contributed by atoms with E-state index >= 15 is 0 Å². The number of rotatable bonds is 3. The van der Waals surface area contributed by atoms with Gasteiger partial charge in [-0.15, -0.1) is 0 Å². The first-order chi connectivity index (χ1) is 5.24. The zero-order valence-corrected chi connectivity index (χ0v) is 8.06. The lowest BCUT2D eigenvalue weighted by Crippen LogP contribution is -1.95. The minimum absolute atomic E-state index is 0.526. The molecule has 0 saturated carbocycles. The summed E-state index contributed by atoms with van der Waals surface area (Å²) in [5.41, 5.74) is 1.17. The molecule has 0 atom stereocenters. The van der Waals surface area contributed by atoms with Crippen molar-refractivity contribution in [3.05, 3.63) is 18.2 Å². The molecule has 0 radical (unpaired) electrons. The second-order valence-electron chi connectivity index (χ2n) is 2.84. The van der Waals surface area contributed by atoms with Crippen LogP contribution < -0.4 is 0 Å². The Labute approximate surface area is 72.0 Å². The summed E-state index contributed by atoms with van der Waals surface area (Å²) in [6, 6.07) is 0.526. The Hall–Kier alpha value is -0.440. The Morgan fingerprint density at radius 1 is 1.64 bits per heavy atom. The quantitative estimate of drug-likeness (QED) is 0.693. The van der Waals surface area contributed by atoms with E-state index in [1.807, 2.05) is 6.33 Å². The van der Waals surface area contributed by atoms with Crippen molar-refractivity contribution in [3.8, 4) is 0 Å². The fourth-order valence-electron chi connectivity index (χ4n) is 0.884. The van der Waals surface area contributed by atoms with Crippen molar-refractivity contribution >= 4 is 11.8 Å². The summed E-state index contributed by atoms with van der Waals surface area (Å²) >= 11 is 1.80. The second kappa shape index (κ2) is 3.81. The first-order valence-electron chi connectivity index (χ1n) is 3.75. The molecule has 1 aromatic heterocycles. The van der Waals surface area contributed by atoms with Gasteiger partial charge in [0, 0.05) is 18.0 Å². The van der Waals surface area contributed by atoms with Crippen molar-refractivity contribution in [3.63, 3.8) is 0 Å². The highest BCUT2D eigenvalue weighted by atomic mass is 32.2. The molecule has 0 saturated heterocycles. The molecule has 0 amide bonds. The van der Waals surface area contributed by atoms with Crippen LogP contribution in [0.4, 0.5) is 0 Å². The molecule has 0 N–H and O–H groups in total. The van der Waals surface area contributed by atoms with Gasteiger partial charge < -0.3 is 4.57 Å². The van der Waals surface area contributed by atoms with Gasteiger partial charge in [0.1, 0.15) is 0 Å². The van der Waals surface area contributed by atoms with E-state index in [-0.39, 0.29) is 0 Å². The first-order valence-corrected chi connectivity index (χ1v) is 5.14. The molecular formula is C8H14N2S. The molecule has 0 aliphatic heterocycles. The number of imidazole rings is 1. The Bertz CT molecular complexity index is 218. The predicted molar refractivity (Wildman–Crippen MR) is 49.8 cm³/mol. The lowest BCUT2D eigenvalue weighted by atomic mass is 10.4. The van der Waals surface area contributed by atoms with Crippen LogP contribution in [-0.4, -0.2) is 15.8 Å². The third-order valence-electron chi connectivity index (χ3n) is 1.54. The van der Waals surface area contributed by atoms with Crippen LogP contribution in [0, 0.1) is 0 Å². The van der Waals surface area contributed by atoms with E-state index < -0.39 is 0 Å². The molecule has 0 bridgehead atoms. The maximum atomic E-state index is 4.27. The van der Waals surface area contributed by atoms with Crippen LogP contribution in [0.2, 0.25) is 0 Å². The Balaban J connectivity index is 2.66. The first kappa shape index (κ1) is 8.65. The molecule has 62 valence electrons. The highest BCUT2D eigenvalue weighted by Gasteiger charge is 1.99. The van der Waals surface area contributed by atoms with Gasteiger partial charge in [0.25, 0.3) is 0 Å². The monoisotopic (exact) mass is 170 g/mol. The topological polar surface area (TPSA) is 17.8 Å². The van der Waals surface area contributed by atoms with Gasteiger partial charge in [-0.3, -0.25) is 0 Å². The molecule has 0 spiro atoms. The number of nitrogens with zero attached hydrogens (tertiary/aromatic N) is 2. The molecule has 0 aromatic carbocycles. The number of thioether (sulfide) groups is 1. The standard InChI is InChI=1S/C8H14N2S/c1-7(2)10-4-8(5-11-3)9-6-10/h4,6-7H,5H2,1-3H3. The molecule has 1 rings (SSSR count).